The van der Waals surface area contributed by atoms with Gasteiger partial charge in [-0.1, -0.05) is 11.6 Å². The van der Waals surface area contributed by atoms with Crippen LogP contribution in [0.3, 0.4) is 0 Å². The molecule has 6 heteroatoms. The van der Waals surface area contributed by atoms with Crippen LogP contribution in [-0.4, -0.2) is 34.6 Å². The molecule has 0 amide bonds. The van der Waals surface area contributed by atoms with Crippen molar-refractivity contribution in [3.8, 4) is 0 Å². The normalized spacial score (nSPS) is 12.8. The van der Waals surface area contributed by atoms with Crippen LogP contribution in [0.1, 0.15) is 12.5 Å². The second-order valence-corrected chi connectivity index (χ2v) is 4.41. The molecular formula is C11H15ClN2O3. The van der Waals surface area contributed by atoms with Crippen molar-refractivity contribution in [1.82, 2.24) is 4.90 Å². The molecule has 0 aliphatic heterocycles. The molecule has 0 bridgehead atoms. The number of rotatable bonds is 5. The van der Waals surface area contributed by atoms with Crippen molar-refractivity contribution in [2.24, 2.45) is 0 Å². The number of benzene rings is 1. The number of nitro benzene ring substituents is 1. The smallest absolute Gasteiger partial charge is 0.273 e. The Morgan fingerprint density at radius 2 is 2.24 bits per heavy atom. The average molecular weight is 259 g/mol. The van der Waals surface area contributed by atoms with Crippen LogP contribution in [-0.2, 0) is 6.54 Å². The Balaban J connectivity index is 2.96. The second kappa shape index (κ2) is 5.95. The summed E-state index contributed by atoms with van der Waals surface area (Å²) in [5.41, 5.74) is 0.594. The third-order valence-electron chi connectivity index (χ3n) is 2.67. The fourth-order valence-corrected chi connectivity index (χ4v) is 1.62. The molecule has 0 spiro atoms. The molecule has 1 unspecified atom stereocenters. The maximum absolute atomic E-state index is 10.8. The Bertz CT molecular complexity index is 412. The summed E-state index contributed by atoms with van der Waals surface area (Å²) in [6, 6.07) is 4.42. The van der Waals surface area contributed by atoms with E-state index in [1.807, 2.05) is 11.8 Å². The first-order valence-corrected chi connectivity index (χ1v) is 5.57. The zero-order valence-corrected chi connectivity index (χ0v) is 10.5. The molecule has 0 aliphatic rings. The summed E-state index contributed by atoms with van der Waals surface area (Å²) in [6.07, 6.45) is 0. The molecule has 1 N–H and O–H groups in total. The number of aliphatic hydroxyl groups excluding tert-OH is 1. The highest BCUT2D eigenvalue weighted by Crippen LogP contribution is 2.24. The molecule has 1 atom stereocenters. The zero-order valence-electron chi connectivity index (χ0n) is 9.76. The summed E-state index contributed by atoms with van der Waals surface area (Å²) in [5.74, 6) is 0. The van der Waals surface area contributed by atoms with Crippen molar-refractivity contribution in [2.45, 2.75) is 19.5 Å². The van der Waals surface area contributed by atoms with Gasteiger partial charge in [0.15, 0.2) is 0 Å². The van der Waals surface area contributed by atoms with Crippen LogP contribution in [0.2, 0.25) is 5.02 Å². The number of nitro groups is 1. The van der Waals surface area contributed by atoms with Gasteiger partial charge < -0.3 is 5.11 Å². The minimum absolute atomic E-state index is 0.00482. The lowest BCUT2D eigenvalue weighted by Crippen LogP contribution is -2.31. The molecule has 94 valence electrons. The Morgan fingerprint density at radius 3 is 2.76 bits per heavy atom. The molecule has 0 aliphatic carbocycles. The highest BCUT2D eigenvalue weighted by Gasteiger charge is 2.17. The molecule has 0 fully saturated rings. The van der Waals surface area contributed by atoms with Crippen LogP contribution < -0.4 is 0 Å². The Morgan fingerprint density at radius 1 is 1.59 bits per heavy atom. The van der Waals surface area contributed by atoms with Crippen LogP contribution in [0.25, 0.3) is 0 Å². The van der Waals surface area contributed by atoms with Crippen LogP contribution in [0, 0.1) is 10.1 Å². The van der Waals surface area contributed by atoms with Crippen molar-refractivity contribution in [3.05, 3.63) is 38.9 Å². The standard InChI is InChI=1S/C11H15ClN2O3/c1-8(7-15)13(2)6-9-5-10(12)3-4-11(9)14(16)17/h3-5,8,15H,6-7H2,1-2H3. The van der Waals surface area contributed by atoms with Crippen molar-refractivity contribution in [3.63, 3.8) is 0 Å². The van der Waals surface area contributed by atoms with Crippen molar-refractivity contribution in [2.75, 3.05) is 13.7 Å². The quantitative estimate of drug-likeness (QED) is 0.648. The number of hydrogen-bond donors (Lipinski definition) is 1. The van der Waals surface area contributed by atoms with Gasteiger partial charge in [0.1, 0.15) is 0 Å². The first-order chi connectivity index (χ1) is 7.95. The number of aliphatic hydroxyl groups is 1. The molecule has 0 heterocycles. The monoisotopic (exact) mass is 258 g/mol. The van der Waals surface area contributed by atoms with E-state index in [1.54, 1.807) is 13.1 Å². The SMILES string of the molecule is CC(CO)N(C)Cc1cc(Cl)ccc1[N+](=O)[O-]. The van der Waals surface area contributed by atoms with Crippen LogP contribution in [0.15, 0.2) is 18.2 Å². The summed E-state index contributed by atoms with van der Waals surface area (Å²) in [4.78, 5) is 12.3. The van der Waals surface area contributed by atoms with Crippen molar-refractivity contribution >= 4 is 17.3 Å². The van der Waals surface area contributed by atoms with Gasteiger partial charge in [-0.05, 0) is 26.1 Å². The average Bonchev–Trinajstić information content (AvgIpc) is 2.27. The lowest BCUT2D eigenvalue weighted by molar-refractivity contribution is -0.385. The fraction of sp³-hybridized carbons (Fsp3) is 0.455. The second-order valence-electron chi connectivity index (χ2n) is 3.98. The largest absolute Gasteiger partial charge is 0.395 e. The number of likely N-dealkylation sites (N-methyl/N-ethyl adjacent to an activating group) is 1. The Labute approximate surface area is 105 Å². The van der Waals surface area contributed by atoms with Gasteiger partial charge in [-0.2, -0.15) is 0 Å². The van der Waals surface area contributed by atoms with E-state index in [9.17, 15) is 10.1 Å². The van der Waals surface area contributed by atoms with E-state index in [-0.39, 0.29) is 18.3 Å². The number of halogens is 1. The van der Waals surface area contributed by atoms with Crippen LogP contribution in [0.4, 0.5) is 5.69 Å². The molecule has 17 heavy (non-hydrogen) atoms. The number of nitrogens with zero attached hydrogens (tertiary/aromatic N) is 2. The molecule has 5 nitrogen and oxygen atoms in total. The predicted molar refractivity (Wildman–Crippen MR) is 66.1 cm³/mol. The fourth-order valence-electron chi connectivity index (χ4n) is 1.42. The van der Waals surface area contributed by atoms with Gasteiger partial charge in [0.25, 0.3) is 5.69 Å². The van der Waals surface area contributed by atoms with E-state index in [0.29, 0.717) is 17.1 Å². The van der Waals surface area contributed by atoms with E-state index in [2.05, 4.69) is 0 Å². The van der Waals surface area contributed by atoms with E-state index in [4.69, 9.17) is 16.7 Å². The summed E-state index contributed by atoms with van der Waals surface area (Å²) >= 11 is 5.83. The van der Waals surface area contributed by atoms with Gasteiger partial charge in [0.2, 0.25) is 0 Å². The maximum atomic E-state index is 10.8. The summed E-state index contributed by atoms with van der Waals surface area (Å²) < 4.78 is 0. The minimum atomic E-state index is -0.427. The minimum Gasteiger partial charge on any atom is -0.395 e. The lowest BCUT2D eigenvalue weighted by Gasteiger charge is -2.22. The van der Waals surface area contributed by atoms with Gasteiger partial charge >= 0.3 is 0 Å². The highest BCUT2D eigenvalue weighted by molar-refractivity contribution is 6.30. The van der Waals surface area contributed by atoms with Gasteiger partial charge in [-0.3, -0.25) is 15.0 Å². The first-order valence-electron chi connectivity index (χ1n) is 5.19. The number of hydrogen-bond acceptors (Lipinski definition) is 4. The molecule has 0 saturated carbocycles. The van der Waals surface area contributed by atoms with Gasteiger partial charge in [0.05, 0.1) is 11.5 Å². The third-order valence-corrected chi connectivity index (χ3v) is 2.91. The molecule has 1 rings (SSSR count). The van der Waals surface area contributed by atoms with E-state index in [1.165, 1.54) is 12.1 Å². The maximum Gasteiger partial charge on any atom is 0.273 e. The summed E-state index contributed by atoms with van der Waals surface area (Å²) in [6.45, 7) is 2.22. The summed E-state index contributed by atoms with van der Waals surface area (Å²) in [7, 11) is 1.80. The van der Waals surface area contributed by atoms with Gasteiger partial charge in [-0.25, -0.2) is 0 Å². The highest BCUT2D eigenvalue weighted by atomic mass is 35.5. The molecule has 1 aromatic rings. The molecule has 0 saturated heterocycles. The third kappa shape index (κ3) is 3.66. The zero-order chi connectivity index (χ0) is 13.0. The van der Waals surface area contributed by atoms with E-state index in [0.717, 1.165) is 0 Å². The van der Waals surface area contributed by atoms with Crippen molar-refractivity contribution in [1.29, 1.82) is 0 Å². The molecule has 0 aromatic heterocycles. The Kier molecular flexibility index (Phi) is 4.86. The lowest BCUT2D eigenvalue weighted by atomic mass is 10.1. The molecule has 0 radical (unpaired) electrons. The topological polar surface area (TPSA) is 66.6 Å². The van der Waals surface area contributed by atoms with Gasteiger partial charge in [-0.15, -0.1) is 0 Å². The molecule has 1 aromatic carbocycles. The Hall–Kier alpha value is -1.17. The van der Waals surface area contributed by atoms with Crippen LogP contribution in [0.5, 0.6) is 0 Å². The predicted octanol–water partition coefficient (Wildman–Crippen LogP) is 2.06. The van der Waals surface area contributed by atoms with E-state index >= 15 is 0 Å². The van der Waals surface area contributed by atoms with Crippen LogP contribution >= 0.6 is 11.6 Å². The molecular weight excluding hydrogens is 244 g/mol. The van der Waals surface area contributed by atoms with Crippen molar-refractivity contribution < 1.29 is 10.0 Å². The summed E-state index contributed by atoms with van der Waals surface area (Å²) in [5, 5.41) is 20.3. The first kappa shape index (κ1) is 13.9. The van der Waals surface area contributed by atoms with E-state index < -0.39 is 4.92 Å². The van der Waals surface area contributed by atoms with Gasteiger partial charge in [0, 0.05) is 29.2 Å².